The van der Waals surface area contributed by atoms with E-state index in [0.717, 1.165) is 27.8 Å². The minimum atomic E-state index is -0.358. The van der Waals surface area contributed by atoms with Crippen molar-refractivity contribution < 1.29 is 14.4 Å². The lowest BCUT2D eigenvalue weighted by Crippen LogP contribution is -2.40. The predicted octanol–water partition coefficient (Wildman–Crippen LogP) is 3.46. The van der Waals surface area contributed by atoms with E-state index in [-0.39, 0.29) is 23.9 Å². The smallest absolute Gasteiger partial charge is 0.317 e. The van der Waals surface area contributed by atoms with Gasteiger partial charge in [-0.25, -0.2) is 0 Å². The molecule has 9 heteroatoms. The number of piperidine rings is 1. The maximum absolute atomic E-state index is 12.6. The number of benzene rings is 2. The summed E-state index contributed by atoms with van der Waals surface area (Å²) in [6.45, 7) is 0.946. The van der Waals surface area contributed by atoms with Crippen LogP contribution < -0.4 is 5.32 Å². The highest BCUT2D eigenvalue weighted by Crippen LogP contribution is 2.23. The van der Waals surface area contributed by atoms with Crippen LogP contribution in [-0.4, -0.2) is 55.4 Å². The number of aliphatic hydroxyl groups excluding tert-OH is 1. The van der Waals surface area contributed by atoms with Crippen molar-refractivity contribution in [1.29, 1.82) is 0 Å². The topological polar surface area (TPSA) is 120 Å². The van der Waals surface area contributed by atoms with Gasteiger partial charge < -0.3 is 19.8 Å². The van der Waals surface area contributed by atoms with E-state index in [4.69, 9.17) is 4.52 Å². The number of carbonyl (C=O) groups is 1. The van der Waals surface area contributed by atoms with E-state index in [1.807, 2.05) is 60.7 Å². The van der Waals surface area contributed by atoms with Gasteiger partial charge in [0.05, 0.1) is 17.3 Å². The summed E-state index contributed by atoms with van der Waals surface area (Å²) in [5.74, 6) is -0.188. The Bertz CT molecular complexity index is 1270. The van der Waals surface area contributed by atoms with Crippen molar-refractivity contribution in [2.75, 3.05) is 18.4 Å². The van der Waals surface area contributed by atoms with Gasteiger partial charge in [0.2, 0.25) is 0 Å². The Kier molecular flexibility index (Phi) is 5.39. The third kappa shape index (κ3) is 4.10. The molecule has 0 unspecified atom stereocenters. The molecule has 1 saturated heterocycles. The van der Waals surface area contributed by atoms with Crippen LogP contribution in [0.4, 0.5) is 11.6 Å². The molecule has 1 amide bonds. The Labute approximate surface area is 183 Å². The normalized spacial score (nSPS) is 15.0. The molecule has 3 N–H and O–H groups in total. The summed E-state index contributed by atoms with van der Waals surface area (Å²) in [6.07, 6.45) is 4.64. The number of aliphatic hydroxyl groups is 1. The second-order valence-corrected chi connectivity index (χ2v) is 7.65. The lowest BCUT2D eigenvalue weighted by Gasteiger charge is -2.28. The average Bonchev–Trinajstić information content (AvgIpc) is 3.46. The summed E-state index contributed by atoms with van der Waals surface area (Å²) >= 11 is 0. The second kappa shape index (κ2) is 8.64. The van der Waals surface area contributed by atoms with Crippen LogP contribution >= 0.6 is 0 Å². The standard InChI is InChI=1S/C23H22N6O3/c30-16-11-13-29(14-12-16)22(31)21-25-23(28-32-21)24-18-7-3-1-5-15(18)9-10-20-17-6-2-4-8-19(17)26-27-20/h1-10,16,30H,11-14H2,(H,24,28)(H,26,27). The van der Waals surface area contributed by atoms with E-state index in [1.54, 1.807) is 4.90 Å². The van der Waals surface area contributed by atoms with Gasteiger partial charge in [0.1, 0.15) is 0 Å². The lowest BCUT2D eigenvalue weighted by molar-refractivity contribution is 0.0505. The zero-order valence-electron chi connectivity index (χ0n) is 17.2. The van der Waals surface area contributed by atoms with E-state index in [1.165, 1.54) is 0 Å². The fourth-order valence-electron chi connectivity index (χ4n) is 3.72. The largest absolute Gasteiger partial charge is 0.393 e. The van der Waals surface area contributed by atoms with E-state index in [9.17, 15) is 9.90 Å². The Morgan fingerprint density at radius 2 is 1.91 bits per heavy atom. The number of aromatic nitrogens is 4. The zero-order valence-corrected chi connectivity index (χ0v) is 17.2. The first-order valence-electron chi connectivity index (χ1n) is 10.5. The Balaban J connectivity index is 1.32. The first kappa shape index (κ1) is 20.0. The van der Waals surface area contributed by atoms with Crippen LogP contribution in [0.15, 0.2) is 53.1 Å². The monoisotopic (exact) mass is 430 g/mol. The molecular weight excluding hydrogens is 408 g/mol. The van der Waals surface area contributed by atoms with Crippen LogP contribution in [0.1, 0.15) is 34.8 Å². The van der Waals surface area contributed by atoms with Crippen LogP contribution in [0.5, 0.6) is 0 Å². The third-order valence-corrected chi connectivity index (χ3v) is 5.49. The molecule has 3 heterocycles. The molecule has 2 aromatic carbocycles. The van der Waals surface area contributed by atoms with Crippen LogP contribution in [0.2, 0.25) is 0 Å². The molecule has 2 aromatic heterocycles. The number of carbonyl (C=O) groups excluding carboxylic acids is 1. The third-order valence-electron chi connectivity index (χ3n) is 5.49. The van der Waals surface area contributed by atoms with Gasteiger partial charge >= 0.3 is 11.8 Å². The number of nitrogens with zero attached hydrogens (tertiary/aromatic N) is 4. The van der Waals surface area contributed by atoms with E-state index in [0.29, 0.717) is 25.9 Å². The first-order valence-corrected chi connectivity index (χ1v) is 10.5. The summed E-state index contributed by atoms with van der Waals surface area (Å²) in [7, 11) is 0. The molecule has 0 atom stereocenters. The molecule has 1 aliphatic heterocycles. The molecule has 1 fully saturated rings. The average molecular weight is 430 g/mol. The summed E-state index contributed by atoms with van der Waals surface area (Å²) < 4.78 is 5.18. The molecule has 5 rings (SSSR count). The Morgan fingerprint density at radius 1 is 1.12 bits per heavy atom. The van der Waals surface area contributed by atoms with E-state index < -0.39 is 0 Å². The summed E-state index contributed by atoms with van der Waals surface area (Å²) in [6, 6.07) is 15.6. The fraction of sp³-hybridized carbons (Fsp3) is 0.217. The molecule has 4 aromatic rings. The molecular formula is C23H22N6O3. The molecule has 0 aliphatic carbocycles. The predicted molar refractivity (Wildman–Crippen MR) is 120 cm³/mol. The highest BCUT2D eigenvalue weighted by atomic mass is 16.5. The van der Waals surface area contributed by atoms with Gasteiger partial charge in [0.25, 0.3) is 5.95 Å². The number of nitrogens with one attached hydrogen (secondary N) is 2. The van der Waals surface area contributed by atoms with Crippen molar-refractivity contribution in [2.45, 2.75) is 18.9 Å². The first-order chi connectivity index (χ1) is 15.7. The van der Waals surface area contributed by atoms with Crippen molar-refractivity contribution in [1.82, 2.24) is 25.2 Å². The number of hydrogen-bond acceptors (Lipinski definition) is 7. The number of likely N-dealkylation sites (tertiary alicyclic amines) is 1. The molecule has 0 spiro atoms. The van der Waals surface area contributed by atoms with Crippen LogP contribution in [-0.2, 0) is 0 Å². The minimum Gasteiger partial charge on any atom is -0.393 e. The van der Waals surface area contributed by atoms with Gasteiger partial charge in [0, 0.05) is 24.2 Å². The highest BCUT2D eigenvalue weighted by molar-refractivity contribution is 5.91. The number of hydrogen-bond donors (Lipinski definition) is 3. The quantitative estimate of drug-likeness (QED) is 0.443. The van der Waals surface area contributed by atoms with Gasteiger partial charge in [-0.1, -0.05) is 42.5 Å². The highest BCUT2D eigenvalue weighted by Gasteiger charge is 2.26. The Morgan fingerprint density at radius 3 is 2.78 bits per heavy atom. The maximum atomic E-state index is 12.6. The number of rotatable bonds is 5. The van der Waals surface area contributed by atoms with Gasteiger partial charge in [0.15, 0.2) is 0 Å². The number of fused-ring (bicyclic) bond motifs is 1. The van der Waals surface area contributed by atoms with Crippen LogP contribution in [0.3, 0.4) is 0 Å². The van der Waals surface area contributed by atoms with Crippen molar-refractivity contribution in [3.05, 3.63) is 65.7 Å². The van der Waals surface area contributed by atoms with Crippen LogP contribution in [0.25, 0.3) is 23.1 Å². The van der Waals surface area contributed by atoms with Gasteiger partial charge in [-0.2, -0.15) is 10.1 Å². The Hall–Kier alpha value is -3.98. The summed E-state index contributed by atoms with van der Waals surface area (Å²) in [5, 5.41) is 25.1. The number of para-hydroxylation sites is 2. The van der Waals surface area contributed by atoms with Crippen LogP contribution in [0, 0.1) is 0 Å². The SMILES string of the molecule is O=C(c1nc(Nc2ccccc2C=Cc2n[nH]c3ccccc23)no1)N1CCC(O)CC1. The van der Waals surface area contributed by atoms with Gasteiger partial charge in [-0.05, 0) is 41.8 Å². The van der Waals surface area contributed by atoms with Gasteiger partial charge in [-0.15, -0.1) is 0 Å². The number of anilines is 2. The molecule has 1 aliphatic rings. The van der Waals surface area contributed by atoms with Crippen molar-refractivity contribution >= 4 is 40.6 Å². The molecule has 32 heavy (non-hydrogen) atoms. The molecule has 9 nitrogen and oxygen atoms in total. The lowest BCUT2D eigenvalue weighted by atomic mass is 10.1. The van der Waals surface area contributed by atoms with Crippen molar-refractivity contribution in [3.8, 4) is 0 Å². The van der Waals surface area contributed by atoms with E-state index in [2.05, 4.69) is 25.7 Å². The van der Waals surface area contributed by atoms with Crippen molar-refractivity contribution in [2.24, 2.45) is 0 Å². The van der Waals surface area contributed by atoms with Gasteiger partial charge in [-0.3, -0.25) is 9.89 Å². The van der Waals surface area contributed by atoms with E-state index >= 15 is 0 Å². The molecule has 0 bridgehead atoms. The number of H-pyrrole nitrogens is 1. The molecule has 162 valence electrons. The zero-order chi connectivity index (χ0) is 21.9. The number of aromatic amines is 1. The summed E-state index contributed by atoms with van der Waals surface area (Å²) in [4.78, 5) is 18.4. The fourth-order valence-corrected chi connectivity index (χ4v) is 3.72. The minimum absolute atomic E-state index is 0.0695. The molecule has 0 radical (unpaired) electrons. The number of amides is 1. The van der Waals surface area contributed by atoms with Crippen molar-refractivity contribution in [3.63, 3.8) is 0 Å². The summed E-state index contributed by atoms with van der Waals surface area (Å²) in [5.41, 5.74) is 3.49. The maximum Gasteiger partial charge on any atom is 0.317 e. The molecule has 0 saturated carbocycles. The second-order valence-electron chi connectivity index (χ2n) is 7.65.